The third-order valence-corrected chi connectivity index (χ3v) is 3.38. The number of phenols is 1. The van der Waals surface area contributed by atoms with Gasteiger partial charge < -0.3 is 19.7 Å². The lowest BCUT2D eigenvalue weighted by molar-refractivity contribution is 0.142. The first kappa shape index (κ1) is 17.1. The molecule has 0 aliphatic heterocycles. The Bertz CT molecular complexity index is 456. The average Bonchev–Trinajstić information content (AvgIpc) is 2.45. The molecule has 0 bridgehead atoms. The molecular formula is C16H24O5. The largest absolute Gasteiger partial charge is 0.511 e. The second-order valence-electron chi connectivity index (χ2n) is 4.99. The monoisotopic (exact) mass is 296 g/mol. The van der Waals surface area contributed by atoms with Crippen LogP contribution in [0.15, 0.2) is 12.1 Å². The van der Waals surface area contributed by atoms with Crippen LogP contribution >= 0.6 is 0 Å². The van der Waals surface area contributed by atoms with Gasteiger partial charge in [0.1, 0.15) is 0 Å². The Hall–Kier alpha value is -1.91. The number of hydrogen-bond acceptors (Lipinski definition) is 4. The summed E-state index contributed by atoms with van der Waals surface area (Å²) >= 11 is 0. The van der Waals surface area contributed by atoms with E-state index in [-0.39, 0.29) is 11.5 Å². The Morgan fingerprint density at radius 2 is 1.81 bits per heavy atom. The molecule has 0 heterocycles. The van der Waals surface area contributed by atoms with E-state index in [0.29, 0.717) is 5.75 Å². The second kappa shape index (κ2) is 9.10. The van der Waals surface area contributed by atoms with Crippen molar-refractivity contribution in [1.82, 2.24) is 0 Å². The number of hydrogen-bond donors (Lipinski definition) is 2. The van der Waals surface area contributed by atoms with Gasteiger partial charge >= 0.3 is 6.16 Å². The summed E-state index contributed by atoms with van der Waals surface area (Å²) in [7, 11) is 1.45. The number of carboxylic acid groups (broad SMARTS) is 1. The highest BCUT2D eigenvalue weighted by Crippen LogP contribution is 2.39. The SMILES string of the molecule is CCCCCCCCc1ccc(OC(=O)O)c(O)c1OC. The van der Waals surface area contributed by atoms with Crippen LogP contribution in [-0.2, 0) is 6.42 Å². The van der Waals surface area contributed by atoms with Crippen molar-refractivity contribution in [2.24, 2.45) is 0 Å². The lowest BCUT2D eigenvalue weighted by Crippen LogP contribution is -2.04. The third-order valence-electron chi connectivity index (χ3n) is 3.38. The zero-order chi connectivity index (χ0) is 15.7. The van der Waals surface area contributed by atoms with Crippen LogP contribution in [0.3, 0.4) is 0 Å². The maximum absolute atomic E-state index is 10.5. The second-order valence-corrected chi connectivity index (χ2v) is 4.99. The summed E-state index contributed by atoms with van der Waals surface area (Å²) in [6.07, 6.45) is 6.44. The number of phenolic OH excluding ortho intramolecular Hbond substituents is 1. The number of benzene rings is 1. The summed E-state index contributed by atoms with van der Waals surface area (Å²) in [6.45, 7) is 2.19. The fourth-order valence-corrected chi connectivity index (χ4v) is 2.29. The first-order valence-corrected chi connectivity index (χ1v) is 7.39. The number of aromatic hydroxyl groups is 1. The van der Waals surface area contributed by atoms with Gasteiger partial charge in [0.05, 0.1) is 7.11 Å². The lowest BCUT2D eigenvalue weighted by Gasteiger charge is -2.12. The summed E-state index contributed by atoms with van der Waals surface area (Å²) in [4.78, 5) is 10.5. The molecule has 0 unspecified atom stereocenters. The number of ether oxygens (including phenoxy) is 2. The molecule has 0 aromatic heterocycles. The van der Waals surface area contributed by atoms with Gasteiger partial charge in [-0.05, 0) is 24.5 Å². The van der Waals surface area contributed by atoms with Gasteiger partial charge in [0.2, 0.25) is 5.75 Å². The van der Waals surface area contributed by atoms with E-state index < -0.39 is 6.16 Å². The fraction of sp³-hybridized carbons (Fsp3) is 0.562. The summed E-state index contributed by atoms with van der Waals surface area (Å²) in [6, 6.07) is 3.20. The van der Waals surface area contributed by atoms with Crippen molar-refractivity contribution in [3.05, 3.63) is 17.7 Å². The molecule has 0 fully saturated rings. The molecule has 2 N–H and O–H groups in total. The predicted octanol–water partition coefficient (Wildman–Crippen LogP) is 4.36. The van der Waals surface area contributed by atoms with Crippen LogP contribution in [-0.4, -0.2) is 23.5 Å². The van der Waals surface area contributed by atoms with Crippen LogP contribution in [0.25, 0.3) is 0 Å². The first-order chi connectivity index (χ1) is 10.1. The number of unbranched alkanes of at least 4 members (excludes halogenated alkanes) is 5. The molecule has 5 nitrogen and oxygen atoms in total. The van der Waals surface area contributed by atoms with Crippen molar-refractivity contribution in [1.29, 1.82) is 0 Å². The van der Waals surface area contributed by atoms with E-state index in [0.717, 1.165) is 24.8 Å². The van der Waals surface area contributed by atoms with E-state index in [1.54, 1.807) is 6.07 Å². The Balaban J connectivity index is 2.62. The fourth-order valence-electron chi connectivity index (χ4n) is 2.29. The molecule has 0 atom stereocenters. The van der Waals surface area contributed by atoms with Gasteiger partial charge in [-0.3, -0.25) is 0 Å². The molecule has 1 rings (SSSR count). The summed E-state index contributed by atoms with van der Waals surface area (Å²) < 4.78 is 9.67. The smallest absolute Gasteiger partial charge is 0.502 e. The zero-order valence-corrected chi connectivity index (χ0v) is 12.7. The molecule has 1 aromatic rings. The van der Waals surface area contributed by atoms with Crippen LogP contribution in [0.2, 0.25) is 0 Å². The van der Waals surface area contributed by atoms with Crippen molar-refractivity contribution in [3.63, 3.8) is 0 Å². The van der Waals surface area contributed by atoms with Gasteiger partial charge in [-0.15, -0.1) is 0 Å². The van der Waals surface area contributed by atoms with Crippen LogP contribution in [0.1, 0.15) is 51.0 Å². The molecule has 0 saturated heterocycles. The molecule has 0 spiro atoms. The van der Waals surface area contributed by atoms with Crippen molar-refractivity contribution in [3.8, 4) is 17.2 Å². The molecule has 0 aliphatic carbocycles. The van der Waals surface area contributed by atoms with E-state index >= 15 is 0 Å². The number of aryl methyl sites for hydroxylation is 1. The Kier molecular flexibility index (Phi) is 7.43. The van der Waals surface area contributed by atoms with Crippen molar-refractivity contribution in [2.75, 3.05) is 7.11 Å². The summed E-state index contributed by atoms with van der Waals surface area (Å²) in [5.74, 6) is -0.0725. The predicted molar refractivity (Wildman–Crippen MR) is 80.4 cm³/mol. The van der Waals surface area contributed by atoms with E-state index in [2.05, 4.69) is 11.7 Å². The minimum absolute atomic E-state index is 0.106. The van der Waals surface area contributed by atoms with E-state index in [4.69, 9.17) is 9.84 Å². The molecule has 0 saturated carbocycles. The number of methoxy groups -OCH3 is 1. The van der Waals surface area contributed by atoms with E-state index in [1.165, 1.54) is 38.9 Å². The van der Waals surface area contributed by atoms with Gasteiger partial charge in [0.25, 0.3) is 0 Å². The van der Waals surface area contributed by atoms with Crippen LogP contribution in [0.5, 0.6) is 17.2 Å². The van der Waals surface area contributed by atoms with Gasteiger partial charge in [-0.25, -0.2) is 4.79 Å². The highest BCUT2D eigenvalue weighted by molar-refractivity contribution is 5.65. The Labute approximate surface area is 125 Å². The maximum Gasteiger partial charge on any atom is 0.511 e. The third kappa shape index (κ3) is 5.53. The Morgan fingerprint density at radius 3 is 2.43 bits per heavy atom. The van der Waals surface area contributed by atoms with Crippen LogP contribution in [0, 0.1) is 0 Å². The first-order valence-electron chi connectivity index (χ1n) is 7.39. The minimum atomic E-state index is -1.46. The van der Waals surface area contributed by atoms with E-state index in [9.17, 15) is 9.90 Å². The van der Waals surface area contributed by atoms with Crippen LogP contribution < -0.4 is 9.47 Å². The average molecular weight is 296 g/mol. The molecule has 0 aliphatic rings. The van der Waals surface area contributed by atoms with Gasteiger partial charge in [0.15, 0.2) is 11.5 Å². The molecular weight excluding hydrogens is 272 g/mol. The van der Waals surface area contributed by atoms with Crippen molar-refractivity contribution < 1.29 is 24.5 Å². The summed E-state index contributed by atoms with van der Waals surface area (Å²) in [5.41, 5.74) is 0.864. The quantitative estimate of drug-likeness (QED) is 0.402. The minimum Gasteiger partial charge on any atom is -0.502 e. The van der Waals surface area contributed by atoms with E-state index in [1.807, 2.05) is 0 Å². The molecule has 0 amide bonds. The normalized spacial score (nSPS) is 10.4. The Morgan fingerprint density at radius 1 is 1.14 bits per heavy atom. The summed E-state index contributed by atoms with van der Waals surface area (Å²) in [5, 5.41) is 18.6. The zero-order valence-electron chi connectivity index (χ0n) is 12.7. The van der Waals surface area contributed by atoms with Crippen molar-refractivity contribution >= 4 is 6.16 Å². The number of rotatable bonds is 9. The lowest BCUT2D eigenvalue weighted by atomic mass is 10.0. The maximum atomic E-state index is 10.5. The van der Waals surface area contributed by atoms with Crippen LogP contribution in [0.4, 0.5) is 4.79 Å². The highest BCUT2D eigenvalue weighted by atomic mass is 16.7. The molecule has 0 radical (unpaired) electrons. The highest BCUT2D eigenvalue weighted by Gasteiger charge is 2.16. The molecule has 5 heteroatoms. The topological polar surface area (TPSA) is 76.0 Å². The molecule has 21 heavy (non-hydrogen) atoms. The van der Waals surface area contributed by atoms with Gasteiger partial charge in [-0.2, -0.15) is 0 Å². The number of carbonyl (C=O) groups is 1. The van der Waals surface area contributed by atoms with Crippen molar-refractivity contribution in [2.45, 2.75) is 51.9 Å². The standard InChI is InChI=1S/C16H24O5/c1-3-4-5-6-7-8-9-12-10-11-13(21-16(18)19)14(17)15(12)20-2/h10-11,17H,3-9H2,1-2H3,(H,18,19). The van der Waals surface area contributed by atoms with Gasteiger partial charge in [-0.1, -0.05) is 45.1 Å². The molecule has 1 aromatic carbocycles. The molecule has 118 valence electrons. The van der Waals surface area contributed by atoms with Gasteiger partial charge in [0, 0.05) is 0 Å².